The van der Waals surface area contributed by atoms with Crippen molar-refractivity contribution >= 4 is 29.1 Å². The minimum atomic E-state index is -1.80. The highest BCUT2D eigenvalue weighted by atomic mass is 16.7. The first kappa shape index (κ1) is 46.2. The van der Waals surface area contributed by atoms with Crippen LogP contribution in [0.15, 0.2) is 34.6 Å². The van der Waals surface area contributed by atoms with E-state index in [1.54, 1.807) is 38.1 Å². The number of carbonyl (C=O) groups is 3. The second-order valence-corrected chi connectivity index (χ2v) is 16.5. The topological polar surface area (TPSA) is 210 Å². The van der Waals surface area contributed by atoms with E-state index in [-0.39, 0.29) is 44.8 Å². The standard InChI is InChI=1S/C41H64N4O12/c1-12-31-41(8,50)36-24(4)32(44-51-11)22(2)18-40(7,53-21-29(20-52-36)43-54-19-27-13-15-28(16-14-27)37(42)48)35(25(5)33(46)26(6)38(49)56-31)57-39-34(47)30(45(9)10)17-23(3)55-39/h13-16,22-26,30-31,34-36,39,47,50H,12,17-21H2,1-11H3,(H2,42,48)/b43-29-,44-32+/t22-,23-,24+,25+,26-,30+,31-,34-,35-,36+,39+,40-,41-/m1/s1. The number of Topliss-reactive ketones (excluding diaryl/α,β-unsaturated/α-hetero) is 1. The first-order chi connectivity index (χ1) is 26.7. The molecule has 0 radical (unpaired) electrons. The minimum absolute atomic E-state index is 0.0319. The molecule has 3 aliphatic rings. The predicted molar refractivity (Wildman–Crippen MR) is 210 cm³/mol. The zero-order valence-electron chi connectivity index (χ0n) is 35.3. The normalized spacial score (nSPS) is 38.9. The summed E-state index contributed by atoms with van der Waals surface area (Å²) in [5.74, 6) is -5.15. The fourth-order valence-electron chi connectivity index (χ4n) is 8.45. The highest BCUT2D eigenvalue weighted by Gasteiger charge is 2.53. The van der Waals surface area contributed by atoms with Crippen LogP contribution >= 0.6 is 0 Å². The van der Waals surface area contributed by atoms with Crippen LogP contribution in [0.2, 0.25) is 0 Å². The molecule has 0 saturated carbocycles. The van der Waals surface area contributed by atoms with Crippen LogP contribution in [-0.2, 0) is 49.6 Å². The summed E-state index contributed by atoms with van der Waals surface area (Å²) < 4.78 is 32.4. The van der Waals surface area contributed by atoms with Crippen molar-refractivity contribution in [2.24, 2.45) is 39.7 Å². The third-order valence-corrected chi connectivity index (χ3v) is 11.7. The lowest BCUT2D eigenvalue weighted by atomic mass is 9.74. The Morgan fingerprint density at radius 1 is 1.04 bits per heavy atom. The second-order valence-electron chi connectivity index (χ2n) is 16.5. The number of amides is 1. The van der Waals surface area contributed by atoms with Gasteiger partial charge in [-0.15, -0.1) is 0 Å². The van der Waals surface area contributed by atoms with Crippen molar-refractivity contribution in [3.8, 4) is 0 Å². The molecule has 2 bridgehead atoms. The number of ether oxygens (including phenoxy) is 5. The lowest BCUT2D eigenvalue weighted by molar-refractivity contribution is -0.296. The molecule has 0 spiro atoms. The van der Waals surface area contributed by atoms with E-state index in [9.17, 15) is 24.6 Å². The van der Waals surface area contributed by atoms with Gasteiger partial charge in [0.2, 0.25) is 5.91 Å². The number of fused-ring (bicyclic) bond motifs is 5. The summed E-state index contributed by atoms with van der Waals surface area (Å²) in [6, 6.07) is 6.28. The van der Waals surface area contributed by atoms with Crippen LogP contribution in [-0.4, -0.2) is 133 Å². The molecule has 16 heteroatoms. The fraction of sp³-hybridized carbons (Fsp3) is 0.732. The molecular formula is C41H64N4O12. The molecule has 3 aliphatic heterocycles. The number of primary amides is 1. The Morgan fingerprint density at radius 2 is 1.70 bits per heavy atom. The Bertz CT molecular complexity index is 1600. The lowest BCUT2D eigenvalue weighted by Gasteiger charge is -2.47. The molecular weight excluding hydrogens is 740 g/mol. The van der Waals surface area contributed by atoms with Gasteiger partial charge < -0.3 is 54.2 Å². The summed E-state index contributed by atoms with van der Waals surface area (Å²) in [5, 5.41) is 32.8. The van der Waals surface area contributed by atoms with Crippen molar-refractivity contribution < 1.29 is 58.0 Å². The molecule has 3 fully saturated rings. The van der Waals surface area contributed by atoms with Gasteiger partial charge in [-0.25, -0.2) is 0 Å². The Labute approximate surface area is 336 Å². The Kier molecular flexibility index (Phi) is 15.8. The average molecular weight is 805 g/mol. The smallest absolute Gasteiger partial charge is 0.316 e. The Hall–Kier alpha value is -3.51. The quantitative estimate of drug-likeness (QED) is 0.186. The number of likely N-dealkylation sites (N-methyl/N-ethyl adjacent to an activating group) is 1. The molecule has 4 rings (SSSR count). The maximum atomic E-state index is 14.4. The van der Waals surface area contributed by atoms with Crippen LogP contribution in [0.1, 0.15) is 90.6 Å². The molecule has 0 unspecified atom stereocenters. The van der Waals surface area contributed by atoms with Gasteiger partial charge in [-0.1, -0.05) is 50.1 Å². The lowest BCUT2D eigenvalue weighted by Crippen LogP contribution is -2.60. The maximum Gasteiger partial charge on any atom is 0.316 e. The first-order valence-electron chi connectivity index (χ1n) is 19.8. The fourth-order valence-corrected chi connectivity index (χ4v) is 8.45. The van der Waals surface area contributed by atoms with Crippen molar-refractivity contribution in [1.82, 2.24) is 4.90 Å². The molecule has 4 N–H and O–H groups in total. The number of carbonyl (C=O) groups excluding carboxylic acids is 3. The van der Waals surface area contributed by atoms with Crippen molar-refractivity contribution in [3.05, 3.63) is 35.4 Å². The highest BCUT2D eigenvalue weighted by molar-refractivity contribution is 6.00. The van der Waals surface area contributed by atoms with Crippen molar-refractivity contribution in [1.29, 1.82) is 0 Å². The van der Waals surface area contributed by atoms with E-state index in [0.29, 0.717) is 29.0 Å². The molecule has 3 saturated heterocycles. The maximum absolute atomic E-state index is 14.4. The monoisotopic (exact) mass is 804 g/mol. The van der Waals surface area contributed by atoms with E-state index in [1.807, 2.05) is 46.7 Å². The van der Waals surface area contributed by atoms with Crippen LogP contribution in [0.25, 0.3) is 0 Å². The Morgan fingerprint density at radius 3 is 2.30 bits per heavy atom. The molecule has 57 heavy (non-hydrogen) atoms. The number of aliphatic hydroxyl groups is 2. The van der Waals surface area contributed by atoms with E-state index in [4.69, 9.17) is 39.1 Å². The molecule has 1 aromatic rings. The van der Waals surface area contributed by atoms with Gasteiger partial charge in [0.25, 0.3) is 0 Å². The van der Waals surface area contributed by atoms with E-state index in [2.05, 4.69) is 10.3 Å². The third-order valence-electron chi connectivity index (χ3n) is 11.7. The predicted octanol–water partition coefficient (Wildman–Crippen LogP) is 3.24. The molecule has 16 nitrogen and oxygen atoms in total. The van der Waals surface area contributed by atoms with Gasteiger partial charge in [0.05, 0.1) is 42.8 Å². The van der Waals surface area contributed by atoms with E-state index in [0.717, 1.165) is 0 Å². The number of hydrogen-bond donors (Lipinski definition) is 3. The number of aliphatic hydroxyl groups excluding tert-OH is 1. The van der Waals surface area contributed by atoms with Crippen LogP contribution < -0.4 is 5.73 Å². The zero-order chi connectivity index (χ0) is 42.4. The summed E-state index contributed by atoms with van der Waals surface area (Å²) in [6.07, 6.45) is -4.85. The number of nitrogens with zero attached hydrogens (tertiary/aromatic N) is 3. The van der Waals surface area contributed by atoms with Crippen LogP contribution in [0, 0.1) is 23.7 Å². The van der Waals surface area contributed by atoms with Crippen molar-refractivity contribution in [3.63, 3.8) is 0 Å². The average Bonchev–Trinajstić information content (AvgIpc) is 3.17. The number of cyclic esters (lactones) is 1. The van der Waals surface area contributed by atoms with Gasteiger partial charge in [-0.05, 0) is 78.7 Å². The zero-order valence-corrected chi connectivity index (χ0v) is 35.3. The first-order valence-corrected chi connectivity index (χ1v) is 19.8. The van der Waals surface area contributed by atoms with Gasteiger partial charge in [0.1, 0.15) is 43.2 Å². The number of hydrogen-bond acceptors (Lipinski definition) is 15. The summed E-state index contributed by atoms with van der Waals surface area (Å²) >= 11 is 0. The van der Waals surface area contributed by atoms with Gasteiger partial charge >= 0.3 is 5.97 Å². The summed E-state index contributed by atoms with van der Waals surface area (Å²) in [4.78, 5) is 52.9. The van der Waals surface area contributed by atoms with Crippen molar-refractivity contribution in [2.45, 2.75) is 135 Å². The largest absolute Gasteiger partial charge is 0.459 e. The molecule has 320 valence electrons. The van der Waals surface area contributed by atoms with Crippen LogP contribution in [0.3, 0.4) is 0 Å². The van der Waals surface area contributed by atoms with Gasteiger partial charge in [-0.2, -0.15) is 0 Å². The molecule has 0 aliphatic carbocycles. The number of benzene rings is 1. The molecule has 13 atom stereocenters. The van der Waals surface area contributed by atoms with Crippen LogP contribution in [0.4, 0.5) is 0 Å². The minimum Gasteiger partial charge on any atom is -0.459 e. The number of rotatable bonds is 9. The third kappa shape index (κ3) is 10.8. The number of nitrogens with two attached hydrogens (primary N) is 1. The number of oxime groups is 2. The molecule has 1 amide bonds. The molecule has 1 aromatic carbocycles. The van der Waals surface area contributed by atoms with Gasteiger partial charge in [0, 0.05) is 29.4 Å². The van der Waals surface area contributed by atoms with E-state index < -0.39 is 83.2 Å². The Balaban J connectivity index is 1.90. The molecule has 0 aromatic heterocycles. The summed E-state index contributed by atoms with van der Waals surface area (Å²) in [6.45, 7) is 13.6. The van der Waals surface area contributed by atoms with Gasteiger partial charge in [0.15, 0.2) is 12.1 Å². The summed E-state index contributed by atoms with van der Waals surface area (Å²) in [7, 11) is 5.17. The van der Waals surface area contributed by atoms with Crippen LogP contribution in [0.5, 0.6) is 0 Å². The van der Waals surface area contributed by atoms with Crippen molar-refractivity contribution in [2.75, 3.05) is 34.4 Å². The summed E-state index contributed by atoms with van der Waals surface area (Å²) in [5.41, 5.74) is 4.13. The molecule has 3 heterocycles. The van der Waals surface area contributed by atoms with E-state index in [1.165, 1.54) is 21.0 Å². The number of esters is 1. The second kappa shape index (κ2) is 19.5. The highest BCUT2D eigenvalue weighted by Crippen LogP contribution is 2.40. The van der Waals surface area contributed by atoms with Gasteiger partial charge in [-0.3, -0.25) is 14.4 Å². The number of ketones is 1. The van der Waals surface area contributed by atoms with E-state index >= 15 is 0 Å². The SMILES string of the molecule is CC[C@H]1OC(=O)[C@H](C)C(=O)[C@H](C)[C@@H](O[C@@H]2O[C@H](C)C[C@H](N(C)C)[C@H]2O)[C@@]2(C)C[C@@H](C)/C(=N\OC)[C@H](C)[C@H](OC/C(=N/OCc3ccc(C(N)=O)cc3)CO2)[C@]1(C)O.